The molecule has 2 saturated heterocycles. The van der Waals surface area contributed by atoms with E-state index in [1.54, 1.807) is 18.4 Å². The molecule has 2 aliphatic heterocycles. The standard InChI is InChI=1S/C21H25N3O2.CH2O2/c1-24-15-5-6-16(24)10-13(9-15)11-19(25)21(23)17-7-4-14(12-18(17)22)20-3-2-8-26-20;2-1-3/h2-4,7-8,12-13,15-16,23H,5-6,9-11,22H2,1H3;1H,(H,2,3). The molecule has 3 heterocycles. The molecule has 0 radical (unpaired) electrons. The SMILES string of the molecule is CN1C2CCC1CC(CC(=O)C(=N)c1ccc(-c3ccco3)cc1N)C2.O=CO. The molecule has 2 bridgehead atoms. The van der Waals surface area contributed by atoms with Gasteiger partial charge in [0.2, 0.25) is 0 Å². The molecule has 4 N–H and O–H groups in total. The Balaban J connectivity index is 0.000000755. The lowest BCUT2D eigenvalue weighted by Crippen LogP contribution is -2.40. The maximum Gasteiger partial charge on any atom is 0.290 e. The average Bonchev–Trinajstić information content (AvgIpc) is 3.28. The number of carboxylic acid groups (broad SMARTS) is 1. The zero-order valence-electron chi connectivity index (χ0n) is 16.5. The van der Waals surface area contributed by atoms with E-state index in [0.717, 1.165) is 24.2 Å². The Kier molecular flexibility index (Phi) is 6.49. The molecule has 2 aromatic rings. The van der Waals surface area contributed by atoms with Crippen molar-refractivity contribution in [3.05, 3.63) is 42.2 Å². The van der Waals surface area contributed by atoms with E-state index in [1.165, 1.54) is 12.8 Å². The number of carbonyl (C=O) groups is 2. The third-order valence-electron chi connectivity index (χ3n) is 6.08. The smallest absolute Gasteiger partial charge is 0.290 e. The predicted octanol–water partition coefficient (Wildman–Crippen LogP) is 3.43. The number of nitrogens with two attached hydrogens (primary N) is 1. The van der Waals surface area contributed by atoms with Crippen LogP contribution in [0.25, 0.3) is 11.3 Å². The van der Waals surface area contributed by atoms with Gasteiger partial charge in [-0.05, 0) is 62.9 Å². The minimum absolute atomic E-state index is 0.0276. The number of benzene rings is 1. The summed E-state index contributed by atoms with van der Waals surface area (Å²) < 4.78 is 5.38. The highest BCUT2D eigenvalue weighted by molar-refractivity contribution is 6.46. The largest absolute Gasteiger partial charge is 0.483 e. The lowest BCUT2D eigenvalue weighted by molar-refractivity contribution is -0.123. The first-order chi connectivity index (χ1) is 13.9. The summed E-state index contributed by atoms with van der Waals surface area (Å²) in [6, 6.07) is 10.3. The van der Waals surface area contributed by atoms with Crippen molar-refractivity contribution in [1.29, 1.82) is 5.41 Å². The highest BCUT2D eigenvalue weighted by Crippen LogP contribution is 2.39. The van der Waals surface area contributed by atoms with Crippen LogP contribution in [0.2, 0.25) is 0 Å². The Morgan fingerprint density at radius 2 is 1.97 bits per heavy atom. The molecular weight excluding hydrogens is 370 g/mol. The van der Waals surface area contributed by atoms with Crippen LogP contribution in [-0.2, 0) is 9.59 Å². The van der Waals surface area contributed by atoms with Gasteiger partial charge in [0.25, 0.3) is 6.47 Å². The van der Waals surface area contributed by atoms with Crippen molar-refractivity contribution in [1.82, 2.24) is 4.90 Å². The Morgan fingerprint density at radius 3 is 2.52 bits per heavy atom. The van der Waals surface area contributed by atoms with Crippen molar-refractivity contribution in [2.45, 2.75) is 44.2 Å². The zero-order chi connectivity index (χ0) is 21.0. The first-order valence-electron chi connectivity index (χ1n) is 9.79. The van der Waals surface area contributed by atoms with Crippen LogP contribution in [0.1, 0.15) is 37.7 Å². The summed E-state index contributed by atoms with van der Waals surface area (Å²) in [4.78, 5) is 23.5. The van der Waals surface area contributed by atoms with Crippen molar-refractivity contribution in [2.24, 2.45) is 5.92 Å². The number of anilines is 1. The molecule has 1 aromatic carbocycles. The Hall–Kier alpha value is -2.93. The van der Waals surface area contributed by atoms with Crippen LogP contribution in [0.5, 0.6) is 0 Å². The number of nitrogens with one attached hydrogen (secondary N) is 1. The fourth-order valence-electron chi connectivity index (χ4n) is 4.59. The number of carbonyl (C=O) groups excluding carboxylic acids is 1. The normalized spacial score (nSPS) is 23.1. The quantitative estimate of drug-likeness (QED) is 0.404. The van der Waals surface area contributed by atoms with Crippen molar-refractivity contribution in [3.8, 4) is 11.3 Å². The van der Waals surface area contributed by atoms with E-state index in [0.29, 0.717) is 35.7 Å². The summed E-state index contributed by atoms with van der Waals surface area (Å²) in [5, 5.41) is 15.2. The predicted molar refractivity (Wildman–Crippen MR) is 111 cm³/mol. The Labute approximate surface area is 170 Å². The average molecular weight is 397 g/mol. The molecule has 0 spiro atoms. The minimum Gasteiger partial charge on any atom is -0.483 e. The number of furan rings is 1. The van der Waals surface area contributed by atoms with Gasteiger partial charge < -0.3 is 20.2 Å². The molecule has 2 unspecified atom stereocenters. The highest BCUT2D eigenvalue weighted by Gasteiger charge is 2.39. The summed E-state index contributed by atoms with van der Waals surface area (Å²) in [6.07, 6.45) is 6.69. The molecule has 7 nitrogen and oxygen atoms in total. The van der Waals surface area contributed by atoms with E-state index in [1.807, 2.05) is 18.2 Å². The molecule has 2 aliphatic rings. The Bertz CT molecular complexity index is 864. The molecular formula is C22H27N3O4. The number of Topliss-reactive ketones (excluding diaryl/α,β-unsaturated/α-hetero) is 1. The molecule has 2 fully saturated rings. The van der Waals surface area contributed by atoms with Crippen molar-refractivity contribution in [3.63, 3.8) is 0 Å². The lowest BCUT2D eigenvalue weighted by atomic mass is 9.85. The van der Waals surface area contributed by atoms with Crippen molar-refractivity contribution in [2.75, 3.05) is 12.8 Å². The molecule has 7 heteroatoms. The fourth-order valence-corrected chi connectivity index (χ4v) is 4.59. The van der Waals surface area contributed by atoms with Crippen LogP contribution in [-0.4, -0.2) is 47.1 Å². The van der Waals surface area contributed by atoms with Gasteiger partial charge in [0.15, 0.2) is 5.78 Å². The minimum atomic E-state index is -0.250. The van der Waals surface area contributed by atoms with Crippen LogP contribution >= 0.6 is 0 Å². The maximum atomic E-state index is 12.7. The number of rotatable bonds is 5. The number of ketones is 1. The molecule has 4 rings (SSSR count). The van der Waals surface area contributed by atoms with Crippen LogP contribution in [0.4, 0.5) is 5.69 Å². The monoisotopic (exact) mass is 397 g/mol. The van der Waals surface area contributed by atoms with Crippen LogP contribution in [0.15, 0.2) is 41.0 Å². The van der Waals surface area contributed by atoms with Crippen LogP contribution < -0.4 is 5.73 Å². The summed E-state index contributed by atoms with van der Waals surface area (Å²) in [6.45, 7) is -0.250. The summed E-state index contributed by atoms with van der Waals surface area (Å²) in [5.41, 5.74) is 7.97. The van der Waals surface area contributed by atoms with Crippen molar-refractivity contribution < 1.29 is 19.1 Å². The van der Waals surface area contributed by atoms with Crippen molar-refractivity contribution >= 4 is 23.7 Å². The van der Waals surface area contributed by atoms with E-state index < -0.39 is 0 Å². The zero-order valence-corrected chi connectivity index (χ0v) is 16.5. The molecule has 0 amide bonds. The van der Waals surface area contributed by atoms with Gasteiger partial charge in [0.1, 0.15) is 11.5 Å². The van der Waals surface area contributed by atoms with Crippen LogP contribution in [0.3, 0.4) is 0 Å². The highest BCUT2D eigenvalue weighted by atomic mass is 16.3. The first kappa shape index (κ1) is 20.8. The second kappa shape index (κ2) is 9.05. The number of hydrogen-bond donors (Lipinski definition) is 3. The molecule has 154 valence electrons. The van der Waals surface area contributed by atoms with Gasteiger partial charge >= 0.3 is 0 Å². The molecule has 29 heavy (non-hydrogen) atoms. The number of nitrogen functional groups attached to an aromatic ring is 1. The maximum absolute atomic E-state index is 12.7. The Morgan fingerprint density at radius 1 is 1.31 bits per heavy atom. The summed E-state index contributed by atoms with van der Waals surface area (Å²) >= 11 is 0. The number of nitrogens with zero attached hydrogens (tertiary/aromatic N) is 1. The summed E-state index contributed by atoms with van der Waals surface area (Å²) in [5.74, 6) is 1.01. The van der Waals surface area contributed by atoms with E-state index in [-0.39, 0.29) is 18.0 Å². The number of fused-ring (bicyclic) bond motifs is 2. The van der Waals surface area contributed by atoms with Crippen LogP contribution in [0, 0.1) is 11.3 Å². The lowest BCUT2D eigenvalue weighted by Gasteiger charge is -2.36. The van der Waals surface area contributed by atoms with Gasteiger partial charge in [0, 0.05) is 35.3 Å². The number of hydrogen-bond acceptors (Lipinski definition) is 6. The molecule has 1 aromatic heterocycles. The molecule has 0 saturated carbocycles. The van der Waals surface area contributed by atoms with Gasteiger partial charge in [-0.2, -0.15) is 0 Å². The van der Waals surface area contributed by atoms with Gasteiger partial charge in [-0.15, -0.1) is 0 Å². The molecule has 2 atom stereocenters. The third-order valence-corrected chi connectivity index (χ3v) is 6.08. The topological polar surface area (TPSA) is 121 Å². The second-order valence-electron chi connectivity index (χ2n) is 7.77. The van der Waals surface area contributed by atoms with Gasteiger partial charge in [0.05, 0.1) is 6.26 Å². The van der Waals surface area contributed by atoms with E-state index in [9.17, 15) is 4.79 Å². The van der Waals surface area contributed by atoms with E-state index in [4.69, 9.17) is 25.5 Å². The summed E-state index contributed by atoms with van der Waals surface area (Å²) in [7, 11) is 2.20. The first-order valence-corrected chi connectivity index (χ1v) is 9.79. The third kappa shape index (κ3) is 4.56. The van der Waals surface area contributed by atoms with E-state index in [2.05, 4.69) is 11.9 Å². The fraction of sp³-hybridized carbons (Fsp3) is 0.409. The second-order valence-corrected chi connectivity index (χ2v) is 7.77. The van der Waals surface area contributed by atoms with Gasteiger partial charge in [-0.1, -0.05) is 6.07 Å². The van der Waals surface area contributed by atoms with Gasteiger partial charge in [-0.3, -0.25) is 15.0 Å². The molecule has 0 aliphatic carbocycles. The van der Waals surface area contributed by atoms with Gasteiger partial charge in [-0.25, -0.2) is 0 Å². The number of piperidine rings is 1. The van der Waals surface area contributed by atoms with E-state index >= 15 is 0 Å².